The lowest BCUT2D eigenvalue weighted by atomic mass is 10.2. The second kappa shape index (κ2) is 6.70. The number of halogens is 1. The van der Waals surface area contributed by atoms with Crippen molar-refractivity contribution in [3.63, 3.8) is 0 Å². The van der Waals surface area contributed by atoms with Gasteiger partial charge in [-0.1, -0.05) is 29.8 Å². The lowest BCUT2D eigenvalue weighted by Gasteiger charge is -2.07. The van der Waals surface area contributed by atoms with Crippen LogP contribution in [0.3, 0.4) is 0 Å². The molecule has 4 nitrogen and oxygen atoms in total. The van der Waals surface area contributed by atoms with Crippen molar-refractivity contribution in [3.8, 4) is 0 Å². The Morgan fingerprint density at radius 2 is 1.64 bits per heavy atom. The molecular weight excluding hydrogens is 305 g/mol. The van der Waals surface area contributed by atoms with Crippen molar-refractivity contribution >= 4 is 21.4 Å². The van der Waals surface area contributed by atoms with Crippen LogP contribution in [0.5, 0.6) is 0 Å². The Labute approximate surface area is 128 Å². The Hall–Kier alpha value is -2.21. The second-order valence-corrected chi connectivity index (χ2v) is 7.14. The van der Waals surface area contributed by atoms with Gasteiger partial charge >= 0.3 is 0 Å². The van der Waals surface area contributed by atoms with Gasteiger partial charge in [-0.05, 0) is 36.8 Å². The van der Waals surface area contributed by atoms with Crippen LogP contribution in [-0.4, -0.2) is 20.1 Å². The van der Waals surface area contributed by atoms with Crippen molar-refractivity contribution in [3.05, 3.63) is 65.5 Å². The zero-order valence-electron chi connectivity index (χ0n) is 12.0. The average Bonchev–Trinajstić information content (AvgIpc) is 2.43. The van der Waals surface area contributed by atoms with E-state index in [0.29, 0.717) is 11.3 Å². The van der Waals surface area contributed by atoms with Gasteiger partial charge < -0.3 is 5.32 Å². The first-order valence-corrected chi connectivity index (χ1v) is 8.47. The van der Waals surface area contributed by atoms with Crippen LogP contribution in [0.1, 0.15) is 11.1 Å². The number of aryl methyl sites for hydroxylation is 1. The van der Waals surface area contributed by atoms with Crippen molar-refractivity contribution < 1.29 is 17.6 Å². The molecule has 0 radical (unpaired) electrons. The Bertz CT molecular complexity index is 753. The van der Waals surface area contributed by atoms with Gasteiger partial charge in [0.05, 0.1) is 5.75 Å². The number of carbonyl (C=O) groups excluding carboxylic acids is 1. The molecule has 6 heteroatoms. The minimum atomic E-state index is -3.61. The fourth-order valence-electron chi connectivity index (χ4n) is 1.92. The van der Waals surface area contributed by atoms with Crippen LogP contribution >= 0.6 is 0 Å². The Morgan fingerprint density at radius 3 is 2.23 bits per heavy atom. The van der Waals surface area contributed by atoms with Gasteiger partial charge in [-0.25, -0.2) is 12.8 Å². The van der Waals surface area contributed by atoms with E-state index < -0.39 is 27.3 Å². The van der Waals surface area contributed by atoms with E-state index in [0.717, 1.165) is 5.56 Å². The molecule has 2 aromatic rings. The number of anilines is 1. The van der Waals surface area contributed by atoms with E-state index in [1.807, 2.05) is 19.1 Å². The number of benzene rings is 2. The van der Waals surface area contributed by atoms with Gasteiger partial charge in [-0.2, -0.15) is 0 Å². The monoisotopic (exact) mass is 321 g/mol. The highest BCUT2D eigenvalue weighted by atomic mass is 32.2. The SMILES string of the molecule is Cc1ccc(NC(=O)CS(=O)(=O)Cc2ccc(F)cc2)cc1. The Balaban J connectivity index is 1.97. The summed E-state index contributed by atoms with van der Waals surface area (Å²) in [7, 11) is -3.61. The normalized spacial score (nSPS) is 11.2. The van der Waals surface area contributed by atoms with Crippen molar-refractivity contribution in [1.29, 1.82) is 0 Å². The third kappa shape index (κ3) is 4.96. The molecule has 1 N–H and O–H groups in total. The molecule has 0 bridgehead atoms. The highest BCUT2D eigenvalue weighted by Gasteiger charge is 2.17. The van der Waals surface area contributed by atoms with E-state index in [2.05, 4.69) is 5.32 Å². The standard InChI is InChI=1S/C16H16FNO3S/c1-12-2-8-15(9-3-12)18-16(19)11-22(20,21)10-13-4-6-14(17)7-5-13/h2-9H,10-11H2,1H3,(H,18,19). The third-order valence-electron chi connectivity index (χ3n) is 2.99. The zero-order chi connectivity index (χ0) is 16.2. The molecule has 1 amide bonds. The van der Waals surface area contributed by atoms with Gasteiger partial charge in [0.2, 0.25) is 5.91 Å². The predicted octanol–water partition coefficient (Wildman–Crippen LogP) is 2.69. The van der Waals surface area contributed by atoms with E-state index in [1.54, 1.807) is 12.1 Å². The average molecular weight is 321 g/mol. The topological polar surface area (TPSA) is 63.2 Å². The van der Waals surface area contributed by atoms with Gasteiger partial charge in [0.15, 0.2) is 9.84 Å². The third-order valence-corrected chi connectivity index (χ3v) is 4.46. The van der Waals surface area contributed by atoms with Crippen molar-refractivity contribution in [1.82, 2.24) is 0 Å². The quantitative estimate of drug-likeness (QED) is 0.921. The van der Waals surface area contributed by atoms with E-state index in [1.165, 1.54) is 24.3 Å². The van der Waals surface area contributed by atoms with E-state index >= 15 is 0 Å². The number of carbonyl (C=O) groups is 1. The lowest BCUT2D eigenvalue weighted by Crippen LogP contribution is -2.23. The maximum atomic E-state index is 12.8. The molecule has 0 saturated heterocycles. The molecule has 116 valence electrons. The molecule has 22 heavy (non-hydrogen) atoms. The largest absolute Gasteiger partial charge is 0.325 e. The van der Waals surface area contributed by atoms with Crippen LogP contribution in [0.25, 0.3) is 0 Å². The maximum absolute atomic E-state index is 12.8. The molecule has 0 heterocycles. The summed E-state index contributed by atoms with van der Waals surface area (Å²) in [5, 5.41) is 2.54. The smallest absolute Gasteiger partial charge is 0.239 e. The first kappa shape index (κ1) is 16.2. The Morgan fingerprint density at radius 1 is 1.05 bits per heavy atom. The predicted molar refractivity (Wildman–Crippen MR) is 83.7 cm³/mol. The number of hydrogen-bond donors (Lipinski definition) is 1. The molecule has 0 aliphatic rings. The van der Waals surface area contributed by atoms with E-state index in [9.17, 15) is 17.6 Å². The van der Waals surface area contributed by atoms with E-state index in [-0.39, 0.29) is 5.75 Å². The van der Waals surface area contributed by atoms with E-state index in [4.69, 9.17) is 0 Å². The number of hydrogen-bond acceptors (Lipinski definition) is 3. The summed E-state index contributed by atoms with van der Waals surface area (Å²) in [6.07, 6.45) is 0. The van der Waals surface area contributed by atoms with Gasteiger partial charge in [0, 0.05) is 5.69 Å². The summed E-state index contributed by atoms with van der Waals surface area (Å²) < 4.78 is 36.8. The number of amides is 1. The van der Waals surface area contributed by atoms with Gasteiger partial charge in [-0.3, -0.25) is 4.79 Å². The maximum Gasteiger partial charge on any atom is 0.239 e. The second-order valence-electron chi connectivity index (χ2n) is 5.07. The molecule has 0 atom stereocenters. The van der Waals surface area contributed by atoms with Crippen LogP contribution in [0.2, 0.25) is 0 Å². The molecule has 0 aliphatic carbocycles. The fraction of sp³-hybridized carbons (Fsp3) is 0.188. The number of rotatable bonds is 5. The van der Waals surface area contributed by atoms with Crippen molar-refractivity contribution in [2.45, 2.75) is 12.7 Å². The molecule has 0 fully saturated rings. The summed E-state index contributed by atoms with van der Waals surface area (Å²) in [5.74, 6) is -1.93. The summed E-state index contributed by atoms with van der Waals surface area (Å²) in [6.45, 7) is 1.92. The summed E-state index contributed by atoms with van der Waals surface area (Å²) in [4.78, 5) is 11.8. The van der Waals surface area contributed by atoms with Crippen LogP contribution in [0.4, 0.5) is 10.1 Å². The summed E-state index contributed by atoms with van der Waals surface area (Å²) in [6, 6.07) is 12.2. The fourth-order valence-corrected chi connectivity index (χ4v) is 3.19. The Kier molecular flexibility index (Phi) is 4.92. The molecule has 0 aliphatic heterocycles. The first-order valence-electron chi connectivity index (χ1n) is 6.65. The van der Waals surface area contributed by atoms with Crippen molar-refractivity contribution in [2.24, 2.45) is 0 Å². The number of sulfone groups is 1. The summed E-state index contributed by atoms with van der Waals surface area (Å²) >= 11 is 0. The lowest BCUT2D eigenvalue weighted by molar-refractivity contribution is -0.113. The molecule has 0 spiro atoms. The molecular formula is C16H16FNO3S. The first-order chi connectivity index (χ1) is 10.3. The highest BCUT2D eigenvalue weighted by molar-refractivity contribution is 7.91. The van der Waals surface area contributed by atoms with Gasteiger partial charge in [0.1, 0.15) is 11.6 Å². The van der Waals surface area contributed by atoms with Crippen molar-refractivity contribution in [2.75, 3.05) is 11.1 Å². The molecule has 0 aromatic heterocycles. The van der Waals surface area contributed by atoms with Gasteiger partial charge in [-0.15, -0.1) is 0 Å². The molecule has 0 unspecified atom stereocenters. The molecule has 2 rings (SSSR count). The minimum Gasteiger partial charge on any atom is -0.325 e. The minimum absolute atomic E-state index is 0.297. The molecule has 0 saturated carbocycles. The number of nitrogens with one attached hydrogen (secondary N) is 1. The van der Waals surface area contributed by atoms with Crippen LogP contribution in [-0.2, 0) is 20.4 Å². The van der Waals surface area contributed by atoms with Crippen LogP contribution < -0.4 is 5.32 Å². The van der Waals surface area contributed by atoms with Crippen LogP contribution in [0, 0.1) is 12.7 Å². The molecule has 2 aromatic carbocycles. The zero-order valence-corrected chi connectivity index (χ0v) is 12.9. The highest BCUT2D eigenvalue weighted by Crippen LogP contribution is 2.11. The van der Waals surface area contributed by atoms with Crippen LogP contribution in [0.15, 0.2) is 48.5 Å². The van der Waals surface area contributed by atoms with Gasteiger partial charge in [0.25, 0.3) is 0 Å². The summed E-state index contributed by atoms with van der Waals surface area (Å²) in [5.41, 5.74) is 2.04.